The van der Waals surface area contributed by atoms with Crippen molar-refractivity contribution in [3.63, 3.8) is 0 Å². The molecule has 0 saturated carbocycles. The molecule has 0 radical (unpaired) electrons. The lowest BCUT2D eigenvalue weighted by Gasteiger charge is -2.32. The Kier molecular flexibility index (Phi) is 6.15. The van der Waals surface area contributed by atoms with Gasteiger partial charge in [-0.15, -0.1) is 12.3 Å². The predicted molar refractivity (Wildman–Crippen MR) is 101 cm³/mol. The van der Waals surface area contributed by atoms with Crippen LogP contribution in [0.2, 0.25) is 0 Å². The smallest absolute Gasteiger partial charge is 0.131 e. The maximum Gasteiger partial charge on any atom is 0.131 e. The maximum absolute atomic E-state index is 10.3. The molecule has 1 heterocycles. The van der Waals surface area contributed by atoms with E-state index < -0.39 is 0 Å². The minimum absolute atomic E-state index is 0.294. The first-order chi connectivity index (χ1) is 11.4. The third-order valence-corrected chi connectivity index (χ3v) is 4.36. The molecule has 1 atom stereocenters. The largest absolute Gasteiger partial charge is 0.507 e. The molecule has 24 heavy (non-hydrogen) atoms. The number of phenols is 1. The summed E-state index contributed by atoms with van der Waals surface area (Å²) in [6, 6.07) is 3.90. The molecule has 1 aliphatic rings. The van der Waals surface area contributed by atoms with Gasteiger partial charge in [-0.05, 0) is 82.7 Å². The first kappa shape index (κ1) is 18.2. The lowest BCUT2D eigenvalue weighted by molar-refractivity contribution is 0.128. The first-order valence-corrected chi connectivity index (χ1v) is 8.74. The topological polar surface area (TPSA) is 29.5 Å². The molecular weight excluding hydrogens is 296 g/mol. The molecule has 0 aliphatic carbocycles. The second-order valence-electron chi connectivity index (χ2n) is 7.01. The number of fused-ring (bicyclic) bond motifs is 1. The average molecular weight is 324 g/mol. The van der Waals surface area contributed by atoms with Crippen molar-refractivity contribution in [1.29, 1.82) is 0 Å². The number of hydrogen-bond donors (Lipinski definition) is 1. The Morgan fingerprint density at radius 3 is 2.83 bits per heavy atom. The fraction of sp³-hybridized carbons (Fsp3) is 0.455. The fourth-order valence-corrected chi connectivity index (χ4v) is 2.95. The number of unbranched alkanes of at least 4 members (excludes halogenated alkanes) is 2. The van der Waals surface area contributed by atoms with Crippen molar-refractivity contribution in [2.75, 3.05) is 0 Å². The molecule has 0 spiro atoms. The zero-order chi connectivity index (χ0) is 17.6. The quantitative estimate of drug-likeness (QED) is 0.399. The monoisotopic (exact) mass is 324 g/mol. The van der Waals surface area contributed by atoms with E-state index in [0.717, 1.165) is 55.4 Å². The van der Waals surface area contributed by atoms with Crippen LogP contribution in [0.3, 0.4) is 0 Å². The van der Waals surface area contributed by atoms with Gasteiger partial charge in [-0.2, -0.15) is 0 Å². The molecule has 0 amide bonds. The Labute approximate surface area is 146 Å². The summed E-state index contributed by atoms with van der Waals surface area (Å²) in [6.45, 7) is 6.32. The average Bonchev–Trinajstić information content (AvgIpc) is 2.50. The number of aryl methyl sites for hydroxylation is 1. The standard InChI is InChI=1S/C22H28O2/c1-5-6-7-8-11-18-15-20(23)19-12-14-22(4,24-21(19)16-18)13-9-10-17(2)3/h1,10,12,14-16,23H,6-9,11,13H2,2-4H3. The lowest BCUT2D eigenvalue weighted by atomic mass is 9.93. The van der Waals surface area contributed by atoms with Crippen LogP contribution in [0.5, 0.6) is 11.5 Å². The predicted octanol–water partition coefficient (Wildman–Crippen LogP) is 5.65. The van der Waals surface area contributed by atoms with E-state index in [0.29, 0.717) is 5.75 Å². The van der Waals surface area contributed by atoms with Gasteiger partial charge in [0.1, 0.15) is 17.1 Å². The van der Waals surface area contributed by atoms with Crippen LogP contribution < -0.4 is 4.74 Å². The van der Waals surface area contributed by atoms with E-state index in [1.165, 1.54) is 5.57 Å². The van der Waals surface area contributed by atoms with Crippen molar-refractivity contribution in [3.05, 3.63) is 41.0 Å². The fourth-order valence-electron chi connectivity index (χ4n) is 2.95. The summed E-state index contributed by atoms with van der Waals surface area (Å²) in [7, 11) is 0. The van der Waals surface area contributed by atoms with E-state index in [1.807, 2.05) is 12.1 Å². The van der Waals surface area contributed by atoms with Gasteiger partial charge in [0.15, 0.2) is 0 Å². The Morgan fingerprint density at radius 1 is 1.33 bits per heavy atom. The lowest BCUT2D eigenvalue weighted by Crippen LogP contribution is -2.31. The highest BCUT2D eigenvalue weighted by Crippen LogP contribution is 2.39. The summed E-state index contributed by atoms with van der Waals surface area (Å²) in [5, 5.41) is 10.3. The van der Waals surface area contributed by atoms with Crippen LogP contribution in [-0.2, 0) is 6.42 Å². The summed E-state index contributed by atoms with van der Waals surface area (Å²) >= 11 is 0. The molecule has 0 bridgehead atoms. The van der Waals surface area contributed by atoms with Crippen LogP contribution in [0.4, 0.5) is 0 Å². The van der Waals surface area contributed by atoms with Crippen molar-refractivity contribution < 1.29 is 9.84 Å². The molecule has 2 nitrogen and oxygen atoms in total. The normalized spacial score (nSPS) is 18.4. The van der Waals surface area contributed by atoms with E-state index >= 15 is 0 Å². The molecule has 2 rings (SSSR count). The van der Waals surface area contributed by atoms with Gasteiger partial charge in [-0.25, -0.2) is 0 Å². The van der Waals surface area contributed by atoms with Crippen LogP contribution in [-0.4, -0.2) is 10.7 Å². The van der Waals surface area contributed by atoms with E-state index in [2.05, 4.69) is 44.9 Å². The van der Waals surface area contributed by atoms with Crippen molar-refractivity contribution in [2.45, 2.75) is 64.9 Å². The van der Waals surface area contributed by atoms with Gasteiger partial charge < -0.3 is 9.84 Å². The summed E-state index contributed by atoms with van der Waals surface area (Å²) in [6.07, 6.45) is 17.2. The van der Waals surface area contributed by atoms with Crippen LogP contribution in [0.25, 0.3) is 6.08 Å². The van der Waals surface area contributed by atoms with Crippen molar-refractivity contribution >= 4 is 6.08 Å². The summed E-state index contributed by atoms with van der Waals surface area (Å²) in [5.41, 5.74) is 2.88. The summed E-state index contributed by atoms with van der Waals surface area (Å²) < 4.78 is 6.24. The molecule has 1 aliphatic heterocycles. The molecule has 0 saturated heterocycles. The number of hydrogen-bond acceptors (Lipinski definition) is 2. The number of phenolic OH excluding ortho intramolecular Hbond substituents is 1. The van der Waals surface area contributed by atoms with Crippen LogP contribution in [0.1, 0.15) is 64.0 Å². The highest BCUT2D eigenvalue weighted by Gasteiger charge is 2.28. The van der Waals surface area contributed by atoms with Crippen molar-refractivity contribution in [1.82, 2.24) is 0 Å². The van der Waals surface area contributed by atoms with Crippen molar-refractivity contribution in [2.24, 2.45) is 0 Å². The second kappa shape index (κ2) is 8.11. The zero-order valence-electron chi connectivity index (χ0n) is 15.1. The zero-order valence-corrected chi connectivity index (χ0v) is 15.1. The molecule has 0 fully saturated rings. The van der Waals surface area contributed by atoms with Crippen molar-refractivity contribution in [3.8, 4) is 23.8 Å². The van der Waals surface area contributed by atoms with Gasteiger partial charge in [0, 0.05) is 6.42 Å². The maximum atomic E-state index is 10.3. The Bertz CT molecular complexity index is 672. The minimum Gasteiger partial charge on any atom is -0.507 e. The van der Waals surface area contributed by atoms with Crippen LogP contribution in [0, 0.1) is 12.3 Å². The highest BCUT2D eigenvalue weighted by atomic mass is 16.5. The van der Waals surface area contributed by atoms with Gasteiger partial charge >= 0.3 is 0 Å². The summed E-state index contributed by atoms with van der Waals surface area (Å²) in [5.74, 6) is 3.74. The third-order valence-electron chi connectivity index (χ3n) is 4.36. The van der Waals surface area contributed by atoms with Gasteiger partial charge in [0.2, 0.25) is 0 Å². The Balaban J connectivity index is 2.10. The molecular formula is C22H28O2. The minimum atomic E-state index is -0.326. The Morgan fingerprint density at radius 2 is 2.12 bits per heavy atom. The first-order valence-electron chi connectivity index (χ1n) is 8.74. The van der Waals surface area contributed by atoms with E-state index in [1.54, 1.807) is 0 Å². The molecule has 0 aromatic heterocycles. The number of rotatable bonds is 7. The number of terminal acetylenes is 1. The number of ether oxygens (including phenoxy) is 1. The summed E-state index contributed by atoms with van der Waals surface area (Å²) in [4.78, 5) is 0. The third kappa shape index (κ3) is 4.93. The molecule has 2 heteroatoms. The Hall–Kier alpha value is -2.14. The van der Waals surface area contributed by atoms with E-state index in [9.17, 15) is 5.11 Å². The number of benzene rings is 1. The van der Waals surface area contributed by atoms with Gasteiger partial charge in [-0.1, -0.05) is 11.6 Å². The number of allylic oxidation sites excluding steroid dienone is 2. The van der Waals surface area contributed by atoms with Gasteiger partial charge in [0.05, 0.1) is 5.56 Å². The van der Waals surface area contributed by atoms with Gasteiger partial charge in [-0.3, -0.25) is 0 Å². The van der Waals surface area contributed by atoms with E-state index in [-0.39, 0.29) is 5.60 Å². The highest BCUT2D eigenvalue weighted by molar-refractivity contribution is 5.67. The molecule has 128 valence electrons. The molecule has 1 unspecified atom stereocenters. The SMILES string of the molecule is C#CCCCCc1cc(O)c2c(c1)OC(C)(CCC=C(C)C)C=C2. The molecule has 1 aromatic carbocycles. The van der Waals surface area contributed by atoms with E-state index in [4.69, 9.17) is 11.2 Å². The van der Waals surface area contributed by atoms with Crippen LogP contribution in [0.15, 0.2) is 29.9 Å². The second-order valence-corrected chi connectivity index (χ2v) is 7.01. The van der Waals surface area contributed by atoms with Crippen LogP contribution >= 0.6 is 0 Å². The molecule has 1 aromatic rings. The molecule has 1 N–H and O–H groups in total. The number of aromatic hydroxyl groups is 1. The van der Waals surface area contributed by atoms with Gasteiger partial charge in [0.25, 0.3) is 0 Å².